The number of halogens is 4. The highest BCUT2D eigenvalue weighted by Gasteiger charge is 2.33. The third-order valence-corrected chi connectivity index (χ3v) is 6.87. The van der Waals surface area contributed by atoms with Crippen LogP contribution in [0.1, 0.15) is 52.4 Å². The first-order valence-corrected chi connectivity index (χ1v) is 11.5. The fourth-order valence-electron chi connectivity index (χ4n) is 5.22. The number of carbonyl (C=O) groups excluding carboxylic acids is 1. The number of oxime groups is 1. The van der Waals surface area contributed by atoms with Crippen LogP contribution in [0.25, 0.3) is 11.0 Å². The molecule has 0 radical (unpaired) electrons. The highest BCUT2D eigenvalue weighted by atomic mass is 19.4. The van der Waals surface area contributed by atoms with Gasteiger partial charge in [0.15, 0.2) is 0 Å². The second kappa shape index (κ2) is 8.99. The smallest absolute Gasteiger partial charge is 0.411 e. The summed E-state index contributed by atoms with van der Waals surface area (Å²) < 4.78 is 56.3. The van der Waals surface area contributed by atoms with E-state index in [1.807, 2.05) is 0 Å². The molecule has 0 saturated carbocycles. The molecule has 1 amide bonds. The number of nitrogens with one attached hydrogen (secondary N) is 1. The summed E-state index contributed by atoms with van der Waals surface area (Å²) in [6, 6.07) is 3.24. The molecule has 12 heteroatoms. The van der Waals surface area contributed by atoms with Crippen molar-refractivity contribution in [1.29, 1.82) is 0 Å². The van der Waals surface area contributed by atoms with Crippen molar-refractivity contribution in [2.45, 2.75) is 44.4 Å². The maximum absolute atomic E-state index is 15.1. The number of hydrogen-bond donors (Lipinski definition) is 3. The number of alkyl halides is 3. The van der Waals surface area contributed by atoms with Crippen molar-refractivity contribution < 1.29 is 32.3 Å². The van der Waals surface area contributed by atoms with Gasteiger partial charge in [0.05, 0.1) is 17.5 Å². The number of fused-ring (bicyclic) bond motifs is 3. The first kappa shape index (κ1) is 23.9. The Labute approximate surface area is 202 Å². The van der Waals surface area contributed by atoms with Gasteiger partial charge in [-0.15, -0.1) is 13.2 Å². The number of rotatable bonds is 3. The Morgan fingerprint density at radius 1 is 1.25 bits per heavy atom. The number of aryl methyl sites for hydroxylation is 1. The summed E-state index contributed by atoms with van der Waals surface area (Å²) in [5.74, 6) is -1.45. The van der Waals surface area contributed by atoms with Crippen LogP contribution in [0.15, 0.2) is 29.6 Å². The average Bonchev–Trinajstić information content (AvgIpc) is 3.20. The van der Waals surface area contributed by atoms with Crippen molar-refractivity contribution in [2.24, 2.45) is 5.16 Å². The number of nitrogen functional groups attached to an aromatic ring is 1. The molecule has 190 valence electrons. The third-order valence-electron chi connectivity index (χ3n) is 6.87. The highest BCUT2D eigenvalue weighted by molar-refractivity contribution is 5.99. The molecule has 1 aromatic carbocycles. The number of amides is 1. The van der Waals surface area contributed by atoms with Gasteiger partial charge in [0.1, 0.15) is 17.2 Å². The molecule has 0 bridgehead atoms. The lowest BCUT2D eigenvalue weighted by Gasteiger charge is -2.33. The normalized spacial score (nSPS) is 18.0. The number of benzene rings is 1. The Morgan fingerprint density at radius 2 is 2.00 bits per heavy atom. The molecule has 0 atom stereocenters. The van der Waals surface area contributed by atoms with Gasteiger partial charge in [-0.3, -0.25) is 4.79 Å². The van der Waals surface area contributed by atoms with E-state index in [0.29, 0.717) is 62.1 Å². The van der Waals surface area contributed by atoms with Crippen LogP contribution in [-0.4, -0.2) is 51.1 Å². The Kier molecular flexibility index (Phi) is 5.97. The van der Waals surface area contributed by atoms with Crippen LogP contribution in [0, 0.1) is 5.82 Å². The number of piperidine rings is 1. The van der Waals surface area contributed by atoms with Gasteiger partial charge in [0.2, 0.25) is 0 Å². The molecule has 1 aliphatic carbocycles. The van der Waals surface area contributed by atoms with E-state index in [1.165, 1.54) is 12.3 Å². The number of nitrogens with two attached hydrogens (primary N) is 1. The first-order chi connectivity index (χ1) is 17.1. The molecule has 36 heavy (non-hydrogen) atoms. The lowest BCUT2D eigenvalue weighted by molar-refractivity contribution is -0.274. The summed E-state index contributed by atoms with van der Waals surface area (Å²) >= 11 is 0. The van der Waals surface area contributed by atoms with E-state index in [9.17, 15) is 18.0 Å². The van der Waals surface area contributed by atoms with E-state index in [0.717, 1.165) is 28.8 Å². The maximum Gasteiger partial charge on any atom is 0.573 e. The van der Waals surface area contributed by atoms with E-state index in [1.54, 1.807) is 4.90 Å². The molecule has 2 aromatic heterocycles. The Hall–Kier alpha value is -3.83. The molecule has 1 saturated heterocycles. The summed E-state index contributed by atoms with van der Waals surface area (Å²) in [6.45, 7) is 0.669. The van der Waals surface area contributed by atoms with Crippen molar-refractivity contribution in [3.05, 3.63) is 52.6 Å². The number of hydrogen-bond acceptors (Lipinski definition) is 6. The Morgan fingerprint density at radius 3 is 2.67 bits per heavy atom. The standard InChI is InChI=1S/C24H23F4N5O3/c25-17-11-30-22-21(16-3-1-13(32-35)9-19(16)31-22)20(17)12-5-7-33(8-6-12)23(34)15-4-2-14(10-18(15)29)36-24(26,27)28/h2,4,10-12,35H,1,3,5-9,29H2,(H,30,31). The third kappa shape index (κ3) is 4.42. The Balaban J connectivity index is 1.35. The molecule has 4 N–H and O–H groups in total. The molecule has 1 aliphatic heterocycles. The zero-order chi connectivity index (χ0) is 25.6. The zero-order valence-corrected chi connectivity index (χ0v) is 19.0. The molecular weight excluding hydrogens is 482 g/mol. The summed E-state index contributed by atoms with van der Waals surface area (Å²) in [5.41, 5.74) is 9.47. The van der Waals surface area contributed by atoms with Crippen LogP contribution < -0.4 is 10.5 Å². The van der Waals surface area contributed by atoms with Gasteiger partial charge in [0.25, 0.3) is 5.91 Å². The quantitative estimate of drug-likeness (QED) is 0.209. The number of aromatic nitrogens is 2. The lowest BCUT2D eigenvalue weighted by atomic mass is 9.84. The van der Waals surface area contributed by atoms with Crippen LogP contribution in [0.2, 0.25) is 0 Å². The number of anilines is 1. The second-order valence-corrected chi connectivity index (χ2v) is 9.03. The van der Waals surface area contributed by atoms with Gasteiger partial charge >= 0.3 is 6.36 Å². The average molecular weight is 505 g/mol. The van der Waals surface area contributed by atoms with Gasteiger partial charge in [-0.05, 0) is 49.3 Å². The largest absolute Gasteiger partial charge is 0.573 e. The predicted octanol–water partition coefficient (Wildman–Crippen LogP) is 4.52. The number of H-pyrrole nitrogens is 1. The number of likely N-dealkylation sites (tertiary alicyclic amines) is 1. The topological polar surface area (TPSA) is 117 Å². The van der Waals surface area contributed by atoms with Crippen LogP contribution in [0.5, 0.6) is 5.75 Å². The molecule has 8 nitrogen and oxygen atoms in total. The minimum Gasteiger partial charge on any atom is -0.411 e. The maximum atomic E-state index is 15.1. The summed E-state index contributed by atoms with van der Waals surface area (Å²) in [7, 11) is 0. The van der Waals surface area contributed by atoms with Crippen molar-refractivity contribution in [1.82, 2.24) is 14.9 Å². The number of carbonyl (C=O) groups is 1. The van der Waals surface area contributed by atoms with Crippen molar-refractivity contribution >= 4 is 28.3 Å². The molecule has 0 unspecified atom stereocenters. The fraction of sp³-hybridized carbons (Fsp3) is 0.375. The fourth-order valence-corrected chi connectivity index (χ4v) is 5.22. The molecule has 2 aliphatic rings. The molecule has 1 fully saturated rings. The van der Waals surface area contributed by atoms with Gasteiger partial charge in [-0.2, -0.15) is 0 Å². The second-order valence-electron chi connectivity index (χ2n) is 9.03. The first-order valence-electron chi connectivity index (χ1n) is 11.5. The molecule has 3 heterocycles. The predicted molar refractivity (Wildman–Crippen MR) is 123 cm³/mol. The van der Waals surface area contributed by atoms with Crippen LogP contribution in [-0.2, 0) is 12.8 Å². The van der Waals surface area contributed by atoms with E-state index < -0.39 is 23.8 Å². The summed E-state index contributed by atoms with van der Waals surface area (Å²) in [4.78, 5) is 22.0. The molecule has 0 spiro atoms. The minimum atomic E-state index is -4.86. The van der Waals surface area contributed by atoms with Gasteiger partial charge < -0.3 is 25.6 Å². The van der Waals surface area contributed by atoms with E-state index in [2.05, 4.69) is 19.9 Å². The lowest BCUT2D eigenvalue weighted by Crippen LogP contribution is -2.38. The van der Waals surface area contributed by atoms with Crippen LogP contribution in [0.4, 0.5) is 23.2 Å². The minimum absolute atomic E-state index is 0.0847. The summed E-state index contributed by atoms with van der Waals surface area (Å²) in [6.07, 6.45) is -1.03. The van der Waals surface area contributed by atoms with Crippen molar-refractivity contribution in [2.75, 3.05) is 18.8 Å². The van der Waals surface area contributed by atoms with Gasteiger partial charge in [-0.1, -0.05) is 5.16 Å². The van der Waals surface area contributed by atoms with E-state index >= 15 is 4.39 Å². The SMILES string of the molecule is Nc1cc(OC(F)(F)F)ccc1C(=O)N1CCC(c2c(F)cnc3[nH]c4c(c23)CCC(=NO)C4)CC1. The highest BCUT2D eigenvalue weighted by Crippen LogP contribution is 2.39. The number of aromatic amines is 1. The van der Waals surface area contributed by atoms with Crippen molar-refractivity contribution in [3.63, 3.8) is 0 Å². The Bertz CT molecular complexity index is 1360. The van der Waals surface area contributed by atoms with Crippen LogP contribution in [0.3, 0.4) is 0 Å². The van der Waals surface area contributed by atoms with Gasteiger partial charge in [0, 0.05) is 47.9 Å². The summed E-state index contributed by atoms with van der Waals surface area (Å²) in [5, 5.41) is 13.2. The zero-order valence-electron chi connectivity index (χ0n) is 19.0. The van der Waals surface area contributed by atoms with E-state index in [-0.39, 0.29) is 17.2 Å². The van der Waals surface area contributed by atoms with Crippen molar-refractivity contribution in [3.8, 4) is 5.75 Å². The number of pyridine rings is 1. The molecule has 3 aromatic rings. The number of ether oxygens (including phenoxy) is 1. The number of nitrogens with zero attached hydrogens (tertiary/aromatic N) is 3. The van der Waals surface area contributed by atoms with Gasteiger partial charge in [-0.25, -0.2) is 9.37 Å². The van der Waals surface area contributed by atoms with E-state index in [4.69, 9.17) is 10.9 Å². The molecular formula is C24H23F4N5O3. The molecule has 5 rings (SSSR count). The monoisotopic (exact) mass is 505 g/mol. The van der Waals surface area contributed by atoms with Crippen LogP contribution >= 0.6 is 0 Å².